The topological polar surface area (TPSA) is 26.0 Å². The second kappa shape index (κ2) is 1.83. The first-order chi connectivity index (χ1) is 4.12. The van der Waals surface area contributed by atoms with Crippen LogP contribution in [0, 0.1) is 11.3 Å². The monoisotopic (exact) mass is 169 g/mol. The fourth-order valence-corrected chi connectivity index (χ4v) is 1.89. The van der Waals surface area contributed by atoms with E-state index in [1.165, 1.54) is 0 Å². The third kappa shape index (κ3) is 0.519. The number of nitrogens with two attached hydrogens (primary N) is 1. The molecule has 0 aromatic rings. The predicted molar refractivity (Wildman–Crippen MR) is 36.4 cm³/mol. The van der Waals surface area contributed by atoms with Crippen molar-refractivity contribution in [3.05, 3.63) is 0 Å². The second-order valence-electron chi connectivity index (χ2n) is 3.21. The highest BCUT2D eigenvalue weighted by molar-refractivity contribution is 5.85. The van der Waals surface area contributed by atoms with E-state index in [1.807, 2.05) is 0 Å². The van der Waals surface area contributed by atoms with E-state index >= 15 is 0 Å². The Hall–Kier alpha value is 0.110. The van der Waals surface area contributed by atoms with Crippen LogP contribution in [0.5, 0.6) is 0 Å². The molecule has 3 rings (SSSR count). The largest absolute Gasteiger partial charge is 0.330 e. The van der Waals surface area contributed by atoms with Gasteiger partial charge in [-0.1, -0.05) is 0 Å². The molecule has 0 heterocycles. The van der Waals surface area contributed by atoms with Crippen LogP contribution in [0.4, 0.5) is 8.78 Å². The Morgan fingerprint density at radius 3 is 1.90 bits per heavy atom. The fraction of sp³-hybridized carbons (Fsp3) is 1.00. The van der Waals surface area contributed by atoms with Gasteiger partial charge in [-0.15, -0.1) is 12.4 Å². The Bertz CT molecular complexity index is 148. The zero-order valence-corrected chi connectivity index (χ0v) is 6.26. The van der Waals surface area contributed by atoms with E-state index in [2.05, 4.69) is 0 Å². The molecule has 10 heavy (non-hydrogen) atoms. The Balaban J connectivity index is 0.000000500. The van der Waals surface area contributed by atoms with Crippen LogP contribution in [0.15, 0.2) is 0 Å². The van der Waals surface area contributed by atoms with E-state index in [4.69, 9.17) is 5.73 Å². The molecule has 3 aliphatic rings. The van der Waals surface area contributed by atoms with Gasteiger partial charge in [-0.05, 0) is 12.8 Å². The first kappa shape index (κ1) is 8.21. The fourth-order valence-electron chi connectivity index (χ4n) is 1.89. The lowest BCUT2D eigenvalue weighted by atomic mass is 9.41. The molecule has 2 N–H and O–H groups in total. The molecular weight excluding hydrogens is 160 g/mol. The molecule has 0 aromatic carbocycles. The zero-order valence-electron chi connectivity index (χ0n) is 5.44. The maximum absolute atomic E-state index is 12.6. The van der Waals surface area contributed by atoms with Gasteiger partial charge in [0.05, 0.1) is 0 Å². The number of hydrogen-bond donors (Lipinski definition) is 1. The summed E-state index contributed by atoms with van der Waals surface area (Å²) in [4.78, 5) is 0. The van der Waals surface area contributed by atoms with Crippen molar-refractivity contribution < 1.29 is 8.78 Å². The van der Waals surface area contributed by atoms with Gasteiger partial charge < -0.3 is 5.73 Å². The molecule has 0 unspecified atom stereocenters. The number of halogens is 3. The number of rotatable bonds is 1. The average molecular weight is 170 g/mol. The van der Waals surface area contributed by atoms with Gasteiger partial charge in [0, 0.05) is 17.9 Å². The molecule has 3 aliphatic carbocycles. The minimum absolute atomic E-state index is 0. The first-order valence-corrected chi connectivity index (χ1v) is 3.20. The Morgan fingerprint density at radius 2 is 1.90 bits per heavy atom. The lowest BCUT2D eigenvalue weighted by molar-refractivity contribution is -0.344. The minimum atomic E-state index is -2.40. The molecule has 0 spiro atoms. The van der Waals surface area contributed by atoms with E-state index in [0.29, 0.717) is 12.8 Å². The van der Waals surface area contributed by atoms with E-state index < -0.39 is 11.3 Å². The number of hydrogen-bond acceptors (Lipinski definition) is 1. The van der Waals surface area contributed by atoms with Gasteiger partial charge >= 0.3 is 0 Å². The van der Waals surface area contributed by atoms with Crippen molar-refractivity contribution in [3.63, 3.8) is 0 Å². The quantitative estimate of drug-likeness (QED) is 0.631. The summed E-state index contributed by atoms with van der Waals surface area (Å²) in [5.41, 5.74) is 4.45. The lowest BCUT2D eigenvalue weighted by Crippen LogP contribution is -2.73. The van der Waals surface area contributed by atoms with Crippen LogP contribution < -0.4 is 5.73 Å². The molecule has 0 radical (unpaired) electrons. The summed E-state index contributed by atoms with van der Waals surface area (Å²) >= 11 is 0. The Morgan fingerprint density at radius 1 is 1.40 bits per heavy atom. The van der Waals surface area contributed by atoms with E-state index in [-0.39, 0.29) is 24.9 Å². The molecule has 0 saturated heterocycles. The van der Waals surface area contributed by atoms with Crippen molar-refractivity contribution in [2.45, 2.75) is 18.8 Å². The number of alkyl halides is 2. The predicted octanol–water partition coefficient (Wildman–Crippen LogP) is 1.41. The van der Waals surface area contributed by atoms with Crippen molar-refractivity contribution in [1.29, 1.82) is 0 Å². The molecule has 0 aromatic heterocycles. The molecule has 0 atom stereocenters. The standard InChI is InChI=1S/C6H9F2N.ClH/c7-6(8)4-1-5(6,2-4)3-9;/h4H,1-3,9H2;1H. The summed E-state index contributed by atoms with van der Waals surface area (Å²) < 4.78 is 25.1. The van der Waals surface area contributed by atoms with E-state index in [9.17, 15) is 8.78 Å². The maximum Gasteiger partial charge on any atom is 0.257 e. The van der Waals surface area contributed by atoms with Crippen molar-refractivity contribution in [2.75, 3.05) is 6.54 Å². The summed E-state index contributed by atoms with van der Waals surface area (Å²) in [5, 5.41) is 0. The van der Waals surface area contributed by atoms with Crippen LogP contribution in [-0.4, -0.2) is 12.5 Å². The summed E-state index contributed by atoms with van der Waals surface area (Å²) in [5.74, 6) is -2.72. The van der Waals surface area contributed by atoms with E-state index in [0.717, 1.165) is 0 Å². The molecule has 2 bridgehead atoms. The minimum Gasteiger partial charge on any atom is -0.330 e. The molecule has 4 heteroatoms. The third-order valence-corrected chi connectivity index (χ3v) is 2.88. The van der Waals surface area contributed by atoms with E-state index in [1.54, 1.807) is 0 Å². The molecule has 0 amide bonds. The second-order valence-corrected chi connectivity index (χ2v) is 3.21. The zero-order chi connectivity index (χ0) is 6.70. The van der Waals surface area contributed by atoms with Gasteiger partial charge in [-0.2, -0.15) is 0 Å². The highest BCUT2D eigenvalue weighted by Crippen LogP contribution is 2.73. The SMILES string of the molecule is Cl.NCC12CC(C1)C2(F)F. The Labute approximate surface area is 64.4 Å². The van der Waals surface area contributed by atoms with Crippen LogP contribution >= 0.6 is 12.4 Å². The van der Waals surface area contributed by atoms with Crippen molar-refractivity contribution in [1.82, 2.24) is 0 Å². The van der Waals surface area contributed by atoms with Crippen LogP contribution in [0.1, 0.15) is 12.8 Å². The summed E-state index contributed by atoms with van der Waals surface area (Å²) in [6, 6.07) is 0. The van der Waals surface area contributed by atoms with Gasteiger partial charge in [0.1, 0.15) is 0 Å². The van der Waals surface area contributed by atoms with Gasteiger partial charge in [0.15, 0.2) is 0 Å². The lowest BCUT2D eigenvalue weighted by Gasteiger charge is -2.67. The first-order valence-electron chi connectivity index (χ1n) is 3.20. The van der Waals surface area contributed by atoms with Crippen LogP contribution in [0.25, 0.3) is 0 Å². The average Bonchev–Trinajstić information content (AvgIpc) is 1.63. The molecule has 60 valence electrons. The van der Waals surface area contributed by atoms with Crippen molar-refractivity contribution in [3.8, 4) is 0 Å². The van der Waals surface area contributed by atoms with Gasteiger partial charge in [-0.3, -0.25) is 0 Å². The molecule has 0 aliphatic heterocycles. The van der Waals surface area contributed by atoms with Crippen molar-refractivity contribution in [2.24, 2.45) is 17.1 Å². The smallest absolute Gasteiger partial charge is 0.257 e. The van der Waals surface area contributed by atoms with Crippen LogP contribution in [0.2, 0.25) is 0 Å². The summed E-state index contributed by atoms with van der Waals surface area (Å²) in [6.07, 6.45) is 1.33. The molecule has 1 nitrogen and oxygen atoms in total. The van der Waals surface area contributed by atoms with Gasteiger partial charge in [0.2, 0.25) is 0 Å². The van der Waals surface area contributed by atoms with Crippen LogP contribution in [-0.2, 0) is 0 Å². The maximum atomic E-state index is 12.6. The third-order valence-electron chi connectivity index (χ3n) is 2.88. The highest BCUT2D eigenvalue weighted by Gasteiger charge is 2.77. The summed E-state index contributed by atoms with van der Waals surface area (Å²) in [6.45, 7) is 0.163. The molecule has 3 saturated carbocycles. The van der Waals surface area contributed by atoms with Gasteiger partial charge in [0.25, 0.3) is 5.92 Å². The highest BCUT2D eigenvalue weighted by atomic mass is 35.5. The van der Waals surface area contributed by atoms with Gasteiger partial charge in [-0.25, -0.2) is 8.78 Å². The normalized spacial score (nSPS) is 46.5. The molecule has 3 fully saturated rings. The molecular formula is C6H10ClF2N. The summed E-state index contributed by atoms with van der Waals surface area (Å²) in [7, 11) is 0. The van der Waals surface area contributed by atoms with Crippen molar-refractivity contribution >= 4 is 12.4 Å². The Kier molecular flexibility index (Phi) is 1.50. The van der Waals surface area contributed by atoms with Crippen LogP contribution in [0.3, 0.4) is 0 Å².